The van der Waals surface area contributed by atoms with Crippen LogP contribution in [0.25, 0.3) is 28.6 Å². The molecule has 30 heavy (non-hydrogen) atoms. The Morgan fingerprint density at radius 3 is 2.60 bits per heavy atom. The first-order valence-corrected chi connectivity index (χ1v) is 9.57. The second-order valence-electron chi connectivity index (χ2n) is 6.87. The number of aromatic nitrogens is 6. The molecule has 0 amide bonds. The standard InChI is InChI=1S/C20H18F2N8/c21-19(22)15-12-30-16(10-26-18(30)11-25-15)20-24-5-4-14(28-20)13-2-1-3-17(27-13)29-8-6-23-7-9-29/h1-5,10-12,19,23H,6-9H2. The van der Waals surface area contributed by atoms with Crippen LogP contribution in [0.1, 0.15) is 12.1 Å². The summed E-state index contributed by atoms with van der Waals surface area (Å²) in [6.45, 7) is 3.64. The van der Waals surface area contributed by atoms with Crippen molar-refractivity contribution >= 4 is 11.5 Å². The van der Waals surface area contributed by atoms with Crippen molar-refractivity contribution in [2.45, 2.75) is 6.43 Å². The minimum absolute atomic E-state index is 0.330. The highest BCUT2D eigenvalue weighted by Crippen LogP contribution is 2.24. The number of hydrogen-bond acceptors (Lipinski definition) is 7. The van der Waals surface area contributed by atoms with Gasteiger partial charge in [0.2, 0.25) is 0 Å². The van der Waals surface area contributed by atoms with E-state index >= 15 is 0 Å². The number of imidazole rings is 1. The minimum atomic E-state index is -2.67. The molecule has 4 aromatic rings. The largest absolute Gasteiger partial charge is 0.354 e. The Bertz CT molecular complexity index is 1190. The Hall–Kier alpha value is -3.53. The lowest BCUT2D eigenvalue weighted by atomic mass is 10.2. The molecule has 1 aliphatic heterocycles. The van der Waals surface area contributed by atoms with E-state index < -0.39 is 6.43 Å². The molecule has 1 fully saturated rings. The molecule has 10 heteroatoms. The van der Waals surface area contributed by atoms with Gasteiger partial charge in [-0.3, -0.25) is 4.40 Å². The number of alkyl halides is 2. The minimum Gasteiger partial charge on any atom is -0.354 e. The van der Waals surface area contributed by atoms with Crippen molar-refractivity contribution in [3.8, 4) is 22.9 Å². The topological polar surface area (TPSA) is 84.1 Å². The predicted octanol–water partition coefficient (Wildman–Crippen LogP) is 2.60. The van der Waals surface area contributed by atoms with E-state index in [4.69, 9.17) is 4.98 Å². The summed E-state index contributed by atoms with van der Waals surface area (Å²) in [6, 6.07) is 7.62. The number of hydrogen-bond donors (Lipinski definition) is 1. The zero-order valence-corrected chi connectivity index (χ0v) is 15.9. The lowest BCUT2D eigenvalue weighted by molar-refractivity contribution is 0.145. The quantitative estimate of drug-likeness (QED) is 0.556. The van der Waals surface area contributed by atoms with E-state index in [0.29, 0.717) is 22.9 Å². The zero-order chi connectivity index (χ0) is 20.5. The molecule has 152 valence electrons. The maximum atomic E-state index is 13.1. The average Bonchev–Trinajstić information content (AvgIpc) is 3.23. The number of anilines is 1. The summed E-state index contributed by atoms with van der Waals surface area (Å²) in [4.78, 5) is 23.9. The number of rotatable bonds is 4. The number of pyridine rings is 1. The van der Waals surface area contributed by atoms with Crippen molar-refractivity contribution in [2.75, 3.05) is 31.1 Å². The fraction of sp³-hybridized carbons (Fsp3) is 0.250. The second kappa shape index (κ2) is 7.71. The third-order valence-corrected chi connectivity index (χ3v) is 4.96. The van der Waals surface area contributed by atoms with Gasteiger partial charge in [0, 0.05) is 38.6 Å². The number of fused-ring (bicyclic) bond motifs is 1. The lowest BCUT2D eigenvalue weighted by Gasteiger charge is -2.28. The molecule has 4 aromatic heterocycles. The van der Waals surface area contributed by atoms with Crippen molar-refractivity contribution in [3.05, 3.63) is 54.7 Å². The third-order valence-electron chi connectivity index (χ3n) is 4.96. The van der Waals surface area contributed by atoms with Crippen LogP contribution in [0.4, 0.5) is 14.6 Å². The van der Waals surface area contributed by atoms with Gasteiger partial charge in [-0.25, -0.2) is 33.7 Å². The van der Waals surface area contributed by atoms with Gasteiger partial charge in [-0.05, 0) is 18.2 Å². The fourth-order valence-corrected chi connectivity index (χ4v) is 3.44. The fourth-order valence-electron chi connectivity index (χ4n) is 3.44. The Labute approximate surface area is 170 Å². The van der Waals surface area contributed by atoms with Gasteiger partial charge >= 0.3 is 0 Å². The molecule has 0 bridgehead atoms. The smallest absolute Gasteiger partial charge is 0.281 e. The number of nitrogens with one attached hydrogen (secondary N) is 1. The van der Waals surface area contributed by atoms with Crippen LogP contribution in [-0.4, -0.2) is 55.5 Å². The zero-order valence-electron chi connectivity index (χ0n) is 15.9. The Kier molecular flexibility index (Phi) is 4.75. The van der Waals surface area contributed by atoms with Gasteiger partial charge in [0.05, 0.1) is 23.8 Å². The SMILES string of the molecule is FC(F)c1cn2c(-c3nccc(-c4cccc(N5CCNCC5)n4)n3)cnc2cn1. The molecule has 1 saturated heterocycles. The molecule has 0 aliphatic carbocycles. The van der Waals surface area contributed by atoms with Gasteiger partial charge in [-0.1, -0.05) is 6.07 Å². The van der Waals surface area contributed by atoms with Crippen LogP contribution in [0.2, 0.25) is 0 Å². The molecule has 1 aliphatic rings. The number of nitrogens with zero attached hydrogens (tertiary/aromatic N) is 7. The molecule has 1 N–H and O–H groups in total. The van der Waals surface area contributed by atoms with Gasteiger partial charge in [0.25, 0.3) is 6.43 Å². The van der Waals surface area contributed by atoms with E-state index in [2.05, 4.69) is 30.2 Å². The molecule has 5 heterocycles. The van der Waals surface area contributed by atoms with E-state index in [1.165, 1.54) is 16.8 Å². The first-order valence-electron chi connectivity index (χ1n) is 9.57. The van der Waals surface area contributed by atoms with Crippen molar-refractivity contribution in [2.24, 2.45) is 0 Å². The molecule has 0 radical (unpaired) electrons. The molecule has 0 spiro atoms. The van der Waals surface area contributed by atoms with E-state index in [1.807, 2.05) is 18.2 Å². The average molecular weight is 408 g/mol. The van der Waals surface area contributed by atoms with Crippen LogP contribution >= 0.6 is 0 Å². The molecule has 0 atom stereocenters. The maximum absolute atomic E-state index is 13.1. The summed E-state index contributed by atoms with van der Waals surface area (Å²) in [5.41, 5.74) is 1.99. The van der Waals surface area contributed by atoms with Crippen LogP contribution in [-0.2, 0) is 0 Å². The summed E-state index contributed by atoms with van der Waals surface area (Å²) in [5, 5.41) is 3.33. The van der Waals surface area contributed by atoms with Crippen LogP contribution in [0.3, 0.4) is 0 Å². The summed E-state index contributed by atoms with van der Waals surface area (Å²) in [7, 11) is 0. The number of halogens is 2. The lowest BCUT2D eigenvalue weighted by Crippen LogP contribution is -2.43. The van der Waals surface area contributed by atoms with Crippen molar-refractivity contribution in [3.63, 3.8) is 0 Å². The van der Waals surface area contributed by atoms with Crippen molar-refractivity contribution in [1.82, 2.24) is 34.6 Å². The highest BCUT2D eigenvalue weighted by Gasteiger charge is 2.16. The summed E-state index contributed by atoms with van der Waals surface area (Å²) >= 11 is 0. The summed E-state index contributed by atoms with van der Waals surface area (Å²) in [5.74, 6) is 1.28. The molecular formula is C20H18F2N8. The first kappa shape index (κ1) is 18.5. The molecular weight excluding hydrogens is 390 g/mol. The van der Waals surface area contributed by atoms with E-state index in [1.54, 1.807) is 18.5 Å². The molecule has 5 rings (SSSR count). The Balaban J connectivity index is 1.52. The molecule has 8 nitrogen and oxygen atoms in total. The highest BCUT2D eigenvalue weighted by atomic mass is 19.3. The monoisotopic (exact) mass is 408 g/mol. The van der Waals surface area contributed by atoms with Crippen molar-refractivity contribution in [1.29, 1.82) is 0 Å². The summed E-state index contributed by atoms with van der Waals surface area (Å²) in [6.07, 6.45) is 3.09. The highest BCUT2D eigenvalue weighted by molar-refractivity contribution is 5.62. The molecule has 0 aromatic carbocycles. The van der Waals surface area contributed by atoms with Gasteiger partial charge in [-0.15, -0.1) is 0 Å². The van der Waals surface area contributed by atoms with Crippen molar-refractivity contribution < 1.29 is 8.78 Å². The molecule has 0 saturated carbocycles. The predicted molar refractivity (Wildman–Crippen MR) is 107 cm³/mol. The van der Waals surface area contributed by atoms with Crippen LogP contribution in [0, 0.1) is 0 Å². The second-order valence-corrected chi connectivity index (χ2v) is 6.87. The van der Waals surface area contributed by atoms with E-state index in [9.17, 15) is 8.78 Å². The van der Waals surface area contributed by atoms with Gasteiger partial charge in [-0.2, -0.15) is 0 Å². The maximum Gasteiger partial charge on any atom is 0.281 e. The molecule has 0 unspecified atom stereocenters. The van der Waals surface area contributed by atoms with Crippen LogP contribution < -0.4 is 10.2 Å². The van der Waals surface area contributed by atoms with Gasteiger partial charge in [0.15, 0.2) is 11.5 Å². The normalized spacial score (nSPS) is 14.6. The van der Waals surface area contributed by atoms with E-state index in [-0.39, 0.29) is 5.69 Å². The van der Waals surface area contributed by atoms with Crippen LogP contribution in [0.5, 0.6) is 0 Å². The van der Waals surface area contributed by atoms with E-state index in [0.717, 1.165) is 37.7 Å². The van der Waals surface area contributed by atoms with Crippen LogP contribution in [0.15, 0.2) is 49.1 Å². The first-order chi connectivity index (χ1) is 14.7. The van der Waals surface area contributed by atoms with Gasteiger partial charge < -0.3 is 10.2 Å². The summed E-state index contributed by atoms with van der Waals surface area (Å²) < 4.78 is 27.7. The van der Waals surface area contributed by atoms with Gasteiger partial charge in [0.1, 0.15) is 17.2 Å². The Morgan fingerprint density at radius 2 is 1.77 bits per heavy atom. The number of piperazine rings is 1. The third kappa shape index (κ3) is 3.45. The Morgan fingerprint density at radius 1 is 0.933 bits per heavy atom.